The number of rotatable bonds is 2. The number of hydrogen-bond acceptors (Lipinski definition) is 3. The summed E-state index contributed by atoms with van der Waals surface area (Å²) in [5, 5.41) is 7.97. The van der Waals surface area contributed by atoms with Gasteiger partial charge in [-0.3, -0.25) is 0 Å². The zero-order chi connectivity index (χ0) is 11.5. The summed E-state index contributed by atoms with van der Waals surface area (Å²) >= 11 is 2.18. The van der Waals surface area contributed by atoms with E-state index in [4.69, 9.17) is 0 Å². The summed E-state index contributed by atoms with van der Waals surface area (Å²) in [5.41, 5.74) is 1.06. The van der Waals surface area contributed by atoms with E-state index in [2.05, 4.69) is 38.3 Å². The van der Waals surface area contributed by atoms with Crippen LogP contribution < -0.4 is 5.32 Å². The Hall–Kier alpha value is -0.170. The Labute approximate surface area is 115 Å². The number of nitrogens with zero attached hydrogens (tertiary/aromatic N) is 3. The van der Waals surface area contributed by atoms with Gasteiger partial charge in [0.2, 0.25) is 0 Å². The van der Waals surface area contributed by atoms with Crippen LogP contribution in [0, 0.1) is 11.3 Å². The van der Waals surface area contributed by atoms with Crippen LogP contribution in [0.4, 0.5) is 0 Å². The fraction of sp³-hybridized carbons (Fsp3) is 0.833. The molecule has 1 aliphatic heterocycles. The zero-order valence-corrected chi connectivity index (χ0v) is 12.0. The summed E-state index contributed by atoms with van der Waals surface area (Å²) in [6.45, 7) is 2.44. The number of nitrogens with one attached hydrogen (secondary N) is 1. The zero-order valence-electron chi connectivity index (χ0n) is 9.82. The average Bonchev–Trinajstić information content (AvgIpc) is 2.63. The lowest BCUT2D eigenvalue weighted by molar-refractivity contribution is -0.190. The smallest absolute Gasteiger partial charge is 0.157 e. The van der Waals surface area contributed by atoms with Crippen molar-refractivity contribution in [2.75, 3.05) is 13.1 Å². The molecule has 4 nitrogen and oxygen atoms in total. The van der Waals surface area contributed by atoms with Crippen LogP contribution in [0.1, 0.15) is 37.9 Å². The van der Waals surface area contributed by atoms with Crippen LogP contribution in [0.5, 0.6) is 0 Å². The van der Waals surface area contributed by atoms with Gasteiger partial charge in [0.05, 0.1) is 22.9 Å². The predicted octanol–water partition coefficient (Wildman–Crippen LogP) is 1.90. The first kappa shape index (κ1) is 10.7. The highest BCUT2D eigenvalue weighted by molar-refractivity contribution is 14.1. The van der Waals surface area contributed by atoms with Crippen molar-refractivity contribution in [1.82, 2.24) is 18.3 Å². The van der Waals surface area contributed by atoms with Crippen molar-refractivity contribution in [1.29, 1.82) is 0 Å². The summed E-state index contributed by atoms with van der Waals surface area (Å²) in [5.74, 6) is 2.06. The highest BCUT2D eigenvalue weighted by atomic mass is 127. The van der Waals surface area contributed by atoms with Gasteiger partial charge in [0, 0.05) is 5.41 Å². The Morgan fingerprint density at radius 1 is 1.29 bits per heavy atom. The van der Waals surface area contributed by atoms with E-state index < -0.39 is 0 Å². The summed E-state index contributed by atoms with van der Waals surface area (Å²) in [7, 11) is 0. The van der Waals surface area contributed by atoms with Gasteiger partial charge in [-0.25, -0.2) is 4.98 Å². The maximum atomic E-state index is 4.50. The van der Waals surface area contributed by atoms with E-state index >= 15 is 0 Å². The highest BCUT2D eigenvalue weighted by Crippen LogP contribution is 2.76. The third-order valence-electron chi connectivity index (χ3n) is 5.22. The van der Waals surface area contributed by atoms with E-state index in [0.717, 1.165) is 11.7 Å². The molecule has 0 atom stereocenters. The number of aromatic nitrogens is 3. The van der Waals surface area contributed by atoms with E-state index in [0.29, 0.717) is 10.8 Å². The van der Waals surface area contributed by atoms with Gasteiger partial charge in [-0.05, 0) is 56.5 Å². The summed E-state index contributed by atoms with van der Waals surface area (Å²) < 4.78 is 1.81. The Morgan fingerprint density at radius 2 is 2.00 bits per heavy atom. The van der Waals surface area contributed by atoms with Crippen molar-refractivity contribution in [2.24, 2.45) is 11.3 Å². The Bertz CT molecular complexity index is 429. The van der Waals surface area contributed by atoms with Crippen LogP contribution in [0.3, 0.4) is 0 Å². The molecule has 1 N–H and O–H groups in total. The third kappa shape index (κ3) is 1.38. The van der Waals surface area contributed by atoms with Gasteiger partial charge in [0.15, 0.2) is 5.82 Å². The molecular weight excluding hydrogens is 327 g/mol. The van der Waals surface area contributed by atoms with Gasteiger partial charge in [-0.15, -0.1) is 5.10 Å². The number of hydrogen-bond donors (Lipinski definition) is 1. The fourth-order valence-corrected chi connectivity index (χ4v) is 4.79. The van der Waals surface area contributed by atoms with Gasteiger partial charge in [-0.2, -0.15) is 2.90 Å². The predicted molar refractivity (Wildman–Crippen MR) is 73.0 cm³/mol. The van der Waals surface area contributed by atoms with Crippen LogP contribution in [-0.4, -0.2) is 26.1 Å². The molecule has 0 radical (unpaired) electrons. The van der Waals surface area contributed by atoms with E-state index in [9.17, 15) is 0 Å². The molecule has 1 aromatic heterocycles. The van der Waals surface area contributed by atoms with E-state index in [1.54, 1.807) is 0 Å². The molecule has 3 saturated carbocycles. The maximum absolute atomic E-state index is 4.50. The summed E-state index contributed by atoms with van der Waals surface area (Å²) in [6.07, 6.45) is 8.64. The Kier molecular flexibility index (Phi) is 2.17. The third-order valence-corrected chi connectivity index (χ3v) is 5.68. The molecule has 4 aliphatic rings. The van der Waals surface area contributed by atoms with Crippen molar-refractivity contribution in [3.63, 3.8) is 0 Å². The minimum absolute atomic E-state index is 0.376. The summed E-state index contributed by atoms with van der Waals surface area (Å²) in [4.78, 5) is 4.46. The minimum atomic E-state index is 0.376. The molecule has 1 saturated heterocycles. The van der Waals surface area contributed by atoms with Crippen LogP contribution in [0.25, 0.3) is 0 Å². The molecule has 5 heteroatoms. The highest BCUT2D eigenvalue weighted by Gasteiger charge is 2.72. The molecule has 0 unspecified atom stereocenters. The normalized spacial score (nSPS) is 40.8. The Balaban J connectivity index is 1.49. The largest absolute Gasteiger partial charge is 0.317 e. The molecule has 5 rings (SSSR count). The quantitative estimate of drug-likeness (QED) is 0.834. The molecule has 3 aliphatic carbocycles. The first-order chi connectivity index (χ1) is 8.23. The second-order valence-electron chi connectivity index (χ2n) is 6.15. The monoisotopic (exact) mass is 344 g/mol. The standard InChI is InChI=1S/C12H17IN4/c13-17-8-15-10(16-17)12-5-11(6-12,7-12)9-1-3-14-4-2-9/h8-9,14H,1-7H2. The van der Waals surface area contributed by atoms with Gasteiger partial charge < -0.3 is 5.32 Å². The lowest BCUT2D eigenvalue weighted by atomic mass is 9.31. The van der Waals surface area contributed by atoms with E-state index in [1.165, 1.54) is 45.2 Å². The van der Waals surface area contributed by atoms with Crippen molar-refractivity contribution in [2.45, 2.75) is 37.5 Å². The number of piperidine rings is 1. The maximum Gasteiger partial charge on any atom is 0.157 e. The van der Waals surface area contributed by atoms with Gasteiger partial charge in [0.25, 0.3) is 0 Å². The van der Waals surface area contributed by atoms with Crippen molar-refractivity contribution < 1.29 is 0 Å². The molecule has 1 aromatic rings. The van der Waals surface area contributed by atoms with Crippen molar-refractivity contribution >= 4 is 22.9 Å². The SMILES string of the molecule is In1cnc(C23CC(C4CCNCC4)(C2)C3)n1. The lowest BCUT2D eigenvalue weighted by Gasteiger charge is -2.72. The average molecular weight is 344 g/mol. The van der Waals surface area contributed by atoms with Crippen LogP contribution in [0.15, 0.2) is 6.33 Å². The van der Waals surface area contributed by atoms with Gasteiger partial charge in [0.1, 0.15) is 6.33 Å². The topological polar surface area (TPSA) is 42.7 Å². The second-order valence-corrected chi connectivity index (χ2v) is 7.14. The summed E-state index contributed by atoms with van der Waals surface area (Å²) in [6, 6.07) is 0. The molecule has 92 valence electrons. The molecule has 4 fully saturated rings. The molecule has 2 bridgehead atoms. The molecular formula is C12H17IN4. The van der Waals surface area contributed by atoms with Gasteiger partial charge in [-0.1, -0.05) is 0 Å². The van der Waals surface area contributed by atoms with Crippen LogP contribution in [-0.2, 0) is 5.41 Å². The fourth-order valence-electron chi connectivity index (χ4n) is 4.46. The first-order valence-corrected chi connectivity index (χ1v) is 7.48. The van der Waals surface area contributed by atoms with E-state index in [-0.39, 0.29) is 0 Å². The number of halogens is 1. The lowest BCUT2D eigenvalue weighted by Crippen LogP contribution is -2.68. The molecule has 17 heavy (non-hydrogen) atoms. The van der Waals surface area contributed by atoms with Crippen LogP contribution in [0.2, 0.25) is 0 Å². The van der Waals surface area contributed by atoms with Crippen molar-refractivity contribution in [3.8, 4) is 0 Å². The molecule has 0 amide bonds. The van der Waals surface area contributed by atoms with E-state index in [1.807, 2.05) is 9.22 Å². The molecule has 0 aromatic carbocycles. The minimum Gasteiger partial charge on any atom is -0.317 e. The van der Waals surface area contributed by atoms with Crippen LogP contribution >= 0.6 is 22.9 Å². The van der Waals surface area contributed by atoms with Crippen molar-refractivity contribution in [3.05, 3.63) is 12.2 Å². The molecule has 2 heterocycles. The first-order valence-electron chi connectivity index (χ1n) is 6.52. The second kappa shape index (κ2) is 3.44. The Morgan fingerprint density at radius 3 is 2.59 bits per heavy atom. The van der Waals surface area contributed by atoms with Gasteiger partial charge >= 0.3 is 0 Å². The molecule has 0 spiro atoms.